The van der Waals surface area contributed by atoms with Crippen LogP contribution in [0.4, 0.5) is 5.69 Å². The number of carboxylic acids is 1. The van der Waals surface area contributed by atoms with E-state index in [4.69, 9.17) is 28.3 Å². The average Bonchev–Trinajstić information content (AvgIpc) is 2.42. The van der Waals surface area contributed by atoms with E-state index in [-0.39, 0.29) is 6.42 Å². The van der Waals surface area contributed by atoms with Gasteiger partial charge in [-0.05, 0) is 35.7 Å². The van der Waals surface area contributed by atoms with Crippen LogP contribution in [0.15, 0.2) is 36.4 Å². The molecule has 0 saturated heterocycles. The fourth-order valence-corrected chi connectivity index (χ4v) is 2.49. The predicted octanol–water partition coefficient (Wildman–Crippen LogP) is 4.54. The smallest absolute Gasteiger partial charge is 0.307 e. The van der Waals surface area contributed by atoms with E-state index in [0.717, 1.165) is 22.4 Å². The quantitative estimate of drug-likeness (QED) is 0.849. The summed E-state index contributed by atoms with van der Waals surface area (Å²) in [5.41, 5.74) is 3.36. The summed E-state index contributed by atoms with van der Waals surface area (Å²) in [7, 11) is 0. The monoisotopic (exact) mass is 323 g/mol. The van der Waals surface area contributed by atoms with Crippen molar-refractivity contribution in [3.63, 3.8) is 0 Å². The topological polar surface area (TPSA) is 49.3 Å². The van der Waals surface area contributed by atoms with E-state index >= 15 is 0 Å². The van der Waals surface area contributed by atoms with Crippen LogP contribution < -0.4 is 5.32 Å². The predicted molar refractivity (Wildman–Crippen MR) is 86.3 cm³/mol. The van der Waals surface area contributed by atoms with E-state index in [9.17, 15) is 4.79 Å². The van der Waals surface area contributed by atoms with Gasteiger partial charge in [-0.2, -0.15) is 0 Å². The molecule has 0 heterocycles. The molecule has 0 spiro atoms. The minimum atomic E-state index is -0.848. The van der Waals surface area contributed by atoms with E-state index in [0.29, 0.717) is 16.6 Å². The molecule has 0 saturated carbocycles. The molecule has 2 aromatic carbocycles. The fourth-order valence-electron chi connectivity index (χ4n) is 2.04. The first-order chi connectivity index (χ1) is 9.97. The first kappa shape index (κ1) is 15.7. The van der Waals surface area contributed by atoms with Gasteiger partial charge >= 0.3 is 5.97 Å². The zero-order chi connectivity index (χ0) is 15.4. The Morgan fingerprint density at radius 2 is 1.81 bits per heavy atom. The van der Waals surface area contributed by atoms with Crippen molar-refractivity contribution in [1.82, 2.24) is 0 Å². The van der Waals surface area contributed by atoms with E-state index < -0.39 is 5.97 Å². The largest absolute Gasteiger partial charge is 0.481 e. The molecule has 0 aliphatic rings. The minimum absolute atomic E-state index is 0.000238. The van der Waals surface area contributed by atoms with Crippen molar-refractivity contribution in [2.75, 3.05) is 5.32 Å². The summed E-state index contributed by atoms with van der Waals surface area (Å²) < 4.78 is 0. The van der Waals surface area contributed by atoms with Gasteiger partial charge in [0.2, 0.25) is 0 Å². The normalized spacial score (nSPS) is 10.4. The molecule has 0 aromatic heterocycles. The van der Waals surface area contributed by atoms with Crippen LogP contribution in [0.5, 0.6) is 0 Å². The summed E-state index contributed by atoms with van der Waals surface area (Å²) in [6.07, 6.45) is 0.000238. The Kier molecular flexibility index (Phi) is 5.10. The van der Waals surface area contributed by atoms with Gasteiger partial charge in [0, 0.05) is 11.6 Å². The second-order valence-corrected chi connectivity index (χ2v) is 5.59. The molecule has 0 aliphatic heterocycles. The first-order valence-corrected chi connectivity index (χ1v) is 7.21. The van der Waals surface area contributed by atoms with Gasteiger partial charge in [-0.1, -0.05) is 47.5 Å². The van der Waals surface area contributed by atoms with Gasteiger partial charge in [0.15, 0.2) is 0 Å². The third-order valence-electron chi connectivity index (χ3n) is 3.18. The number of aryl methyl sites for hydroxylation is 1. The van der Waals surface area contributed by atoms with Crippen molar-refractivity contribution in [3.05, 3.63) is 63.1 Å². The number of hydrogen-bond donors (Lipinski definition) is 2. The zero-order valence-corrected chi connectivity index (χ0v) is 13.0. The highest BCUT2D eigenvalue weighted by Gasteiger charge is 2.08. The van der Waals surface area contributed by atoms with Gasteiger partial charge in [-0.3, -0.25) is 4.79 Å². The number of aliphatic carboxylic acids is 1. The molecular weight excluding hydrogens is 309 g/mol. The number of rotatable bonds is 5. The average molecular weight is 324 g/mol. The second-order valence-electron chi connectivity index (χ2n) is 4.77. The Balaban J connectivity index is 2.17. The molecule has 0 bridgehead atoms. The van der Waals surface area contributed by atoms with Crippen molar-refractivity contribution in [2.24, 2.45) is 0 Å². The fraction of sp³-hybridized carbons (Fsp3) is 0.188. The standard InChI is InChI=1S/C16H15Cl2NO2/c1-10-6-14(18)15(8-13(10)17)19-9-12-5-3-2-4-11(12)7-16(20)21/h2-6,8,19H,7,9H2,1H3,(H,20,21). The van der Waals surface area contributed by atoms with Gasteiger partial charge in [0.25, 0.3) is 0 Å². The number of carboxylic acid groups (broad SMARTS) is 1. The van der Waals surface area contributed by atoms with E-state index in [1.807, 2.05) is 31.2 Å². The molecule has 110 valence electrons. The molecule has 0 amide bonds. The summed E-state index contributed by atoms with van der Waals surface area (Å²) >= 11 is 12.3. The van der Waals surface area contributed by atoms with Gasteiger partial charge in [-0.15, -0.1) is 0 Å². The summed E-state index contributed by atoms with van der Waals surface area (Å²) in [6, 6.07) is 11.0. The molecule has 0 radical (unpaired) electrons. The van der Waals surface area contributed by atoms with Crippen molar-refractivity contribution >= 4 is 34.9 Å². The Morgan fingerprint density at radius 1 is 1.14 bits per heavy atom. The molecule has 2 rings (SSSR count). The number of anilines is 1. The van der Waals surface area contributed by atoms with Crippen molar-refractivity contribution < 1.29 is 9.90 Å². The van der Waals surface area contributed by atoms with E-state index in [1.54, 1.807) is 12.1 Å². The molecule has 2 aromatic rings. The lowest BCUT2D eigenvalue weighted by Gasteiger charge is -2.12. The Morgan fingerprint density at radius 3 is 2.48 bits per heavy atom. The maximum absolute atomic E-state index is 10.9. The highest BCUT2D eigenvalue weighted by atomic mass is 35.5. The van der Waals surface area contributed by atoms with Crippen LogP contribution >= 0.6 is 23.2 Å². The molecule has 3 nitrogen and oxygen atoms in total. The molecule has 2 N–H and O–H groups in total. The Labute approximate surface area is 133 Å². The Hall–Kier alpha value is -1.71. The highest BCUT2D eigenvalue weighted by Crippen LogP contribution is 2.29. The molecule has 0 fully saturated rings. The van der Waals surface area contributed by atoms with Crippen LogP contribution in [0, 0.1) is 6.92 Å². The lowest BCUT2D eigenvalue weighted by Crippen LogP contribution is -2.07. The molecule has 5 heteroatoms. The SMILES string of the molecule is Cc1cc(Cl)c(NCc2ccccc2CC(=O)O)cc1Cl. The van der Waals surface area contributed by atoms with Crippen molar-refractivity contribution in [1.29, 1.82) is 0 Å². The van der Waals surface area contributed by atoms with E-state index in [1.165, 1.54) is 0 Å². The van der Waals surface area contributed by atoms with E-state index in [2.05, 4.69) is 5.32 Å². The maximum atomic E-state index is 10.9. The highest BCUT2D eigenvalue weighted by molar-refractivity contribution is 6.35. The molecule has 0 aliphatic carbocycles. The van der Waals surface area contributed by atoms with Crippen LogP contribution in [0.2, 0.25) is 10.0 Å². The van der Waals surface area contributed by atoms with Crippen LogP contribution in [-0.4, -0.2) is 11.1 Å². The number of hydrogen-bond acceptors (Lipinski definition) is 2. The van der Waals surface area contributed by atoms with Gasteiger partial charge in [0.05, 0.1) is 17.1 Å². The molecule has 21 heavy (non-hydrogen) atoms. The summed E-state index contributed by atoms with van der Waals surface area (Å²) in [4.78, 5) is 10.9. The third kappa shape index (κ3) is 4.13. The Bertz CT molecular complexity index is 671. The first-order valence-electron chi connectivity index (χ1n) is 6.45. The summed E-state index contributed by atoms with van der Waals surface area (Å²) in [5.74, 6) is -0.848. The van der Waals surface area contributed by atoms with Crippen molar-refractivity contribution in [2.45, 2.75) is 19.9 Å². The maximum Gasteiger partial charge on any atom is 0.307 e. The lowest BCUT2D eigenvalue weighted by atomic mass is 10.0. The molecule has 0 unspecified atom stereocenters. The number of nitrogens with one attached hydrogen (secondary N) is 1. The van der Waals surface area contributed by atoms with Crippen molar-refractivity contribution in [3.8, 4) is 0 Å². The third-order valence-corrected chi connectivity index (χ3v) is 3.90. The minimum Gasteiger partial charge on any atom is -0.481 e. The number of benzene rings is 2. The lowest BCUT2D eigenvalue weighted by molar-refractivity contribution is -0.136. The summed E-state index contributed by atoms with van der Waals surface area (Å²) in [6.45, 7) is 2.38. The number of carbonyl (C=O) groups is 1. The van der Waals surface area contributed by atoms with Crippen LogP contribution in [0.1, 0.15) is 16.7 Å². The van der Waals surface area contributed by atoms with Gasteiger partial charge < -0.3 is 10.4 Å². The van der Waals surface area contributed by atoms with Gasteiger partial charge in [0.1, 0.15) is 0 Å². The van der Waals surface area contributed by atoms with Gasteiger partial charge in [-0.25, -0.2) is 0 Å². The number of halogens is 2. The second kappa shape index (κ2) is 6.83. The van der Waals surface area contributed by atoms with Crippen LogP contribution in [0.25, 0.3) is 0 Å². The van der Waals surface area contributed by atoms with Crippen LogP contribution in [-0.2, 0) is 17.8 Å². The molecular formula is C16H15Cl2NO2. The van der Waals surface area contributed by atoms with Crippen LogP contribution in [0.3, 0.4) is 0 Å². The molecule has 0 atom stereocenters. The zero-order valence-electron chi connectivity index (χ0n) is 11.5. The summed E-state index contributed by atoms with van der Waals surface area (Å²) in [5, 5.41) is 13.4.